The molecule has 0 aromatic heterocycles. The summed E-state index contributed by atoms with van der Waals surface area (Å²) in [6.07, 6.45) is 41.0. The van der Waals surface area contributed by atoms with E-state index in [9.17, 15) is 0 Å². The van der Waals surface area contributed by atoms with Gasteiger partial charge in [0.05, 0.1) is 0 Å². The van der Waals surface area contributed by atoms with Gasteiger partial charge in [-0.15, -0.1) is 9.24 Å². The van der Waals surface area contributed by atoms with E-state index in [4.69, 9.17) is 5.26 Å². The molecule has 3 heteroatoms. The van der Waals surface area contributed by atoms with Gasteiger partial charge in [0.1, 0.15) is 5.40 Å². The average molecular weight is 542 g/mol. The van der Waals surface area contributed by atoms with Crippen LogP contribution in [0.4, 0.5) is 0 Å². The molecule has 0 fully saturated rings. The zero-order valence-electron chi connectivity index (χ0n) is 25.3. The molecule has 216 valence electrons. The molecule has 0 aromatic rings. The molecule has 0 aliphatic rings. The van der Waals surface area contributed by atoms with Gasteiger partial charge in [0.2, 0.25) is 0 Å². The normalized spacial score (nSPS) is 11.2. The highest BCUT2D eigenvalue weighted by Crippen LogP contribution is 2.42. The molecule has 1 nitrogen and oxygen atoms in total. The summed E-state index contributed by atoms with van der Waals surface area (Å²) < 4.78 is 0. The summed E-state index contributed by atoms with van der Waals surface area (Å²) in [5, 5.41) is 8.63. The van der Waals surface area contributed by atoms with E-state index >= 15 is 0 Å². The van der Waals surface area contributed by atoms with E-state index in [0.29, 0.717) is 5.41 Å². The molecule has 1 atom stereocenters. The van der Waals surface area contributed by atoms with Crippen molar-refractivity contribution in [3.8, 4) is 5.40 Å². The second-order valence-corrected chi connectivity index (χ2v) is 12.2. The Balaban J connectivity index is 0. The van der Waals surface area contributed by atoms with Crippen molar-refractivity contribution >= 4 is 21.9 Å². The van der Waals surface area contributed by atoms with Crippen molar-refractivity contribution in [3.63, 3.8) is 0 Å². The zero-order valence-corrected chi connectivity index (χ0v) is 27.3. The number of nitriles is 1. The highest BCUT2D eigenvalue weighted by Gasteiger charge is 2.28. The average Bonchev–Trinajstić information content (AvgIpc) is 2.88. The van der Waals surface area contributed by atoms with Crippen LogP contribution in [-0.4, -0.2) is 6.16 Å². The Morgan fingerprint density at radius 1 is 0.472 bits per heavy atom. The summed E-state index contributed by atoms with van der Waals surface area (Å²) in [5.74, 6) is 0. The maximum Gasteiger partial charge on any atom is 0.130 e. The van der Waals surface area contributed by atoms with Crippen molar-refractivity contribution in [3.05, 3.63) is 0 Å². The van der Waals surface area contributed by atoms with Crippen molar-refractivity contribution in [2.45, 2.75) is 194 Å². The van der Waals surface area contributed by atoms with Crippen molar-refractivity contribution in [2.24, 2.45) is 5.41 Å². The number of thiocyanates is 1. The van der Waals surface area contributed by atoms with E-state index in [1.165, 1.54) is 185 Å². The first-order valence-corrected chi connectivity index (χ1v) is 17.7. The molecule has 0 N–H and O–H groups in total. The standard InChI is InChI=1S/C32H67P.CHNS/c1-4-7-10-22-27-32(28-23-11-8-5-2,29-24-12-9-6-3)30-25-20-18-16-14-13-15-17-19-21-26-31-33;2-1-3/h4-31,33H2,1-3H3;3H. The molecule has 0 spiro atoms. The predicted molar refractivity (Wildman–Crippen MR) is 173 cm³/mol. The lowest BCUT2D eigenvalue weighted by Gasteiger charge is -2.35. The fourth-order valence-corrected chi connectivity index (χ4v) is 6.05. The number of thiol groups is 1. The maximum atomic E-state index is 7.18. The van der Waals surface area contributed by atoms with Gasteiger partial charge in [-0.3, -0.25) is 0 Å². The molecule has 0 rings (SSSR count). The SMILES string of the molecule is CCCCCCC(CCCCCC)(CCCCCC)CCCCCCCCCCCCCP.N#CS. The predicted octanol–water partition coefficient (Wildman–Crippen LogP) is 12.8. The van der Waals surface area contributed by atoms with Gasteiger partial charge in [0, 0.05) is 0 Å². The summed E-state index contributed by atoms with van der Waals surface area (Å²) in [7, 11) is 2.86. The zero-order chi connectivity index (χ0) is 27.0. The van der Waals surface area contributed by atoms with E-state index in [-0.39, 0.29) is 0 Å². The van der Waals surface area contributed by atoms with Crippen LogP contribution in [0, 0.1) is 16.1 Å². The Morgan fingerprint density at radius 3 is 0.944 bits per heavy atom. The topological polar surface area (TPSA) is 23.8 Å². The summed E-state index contributed by atoms with van der Waals surface area (Å²) in [6, 6.07) is 0. The lowest BCUT2D eigenvalue weighted by Crippen LogP contribution is -2.21. The highest BCUT2D eigenvalue weighted by atomic mass is 32.1. The van der Waals surface area contributed by atoms with Gasteiger partial charge in [0.25, 0.3) is 0 Å². The molecule has 0 aromatic carbocycles. The largest absolute Gasteiger partial charge is 0.185 e. The summed E-state index contributed by atoms with van der Waals surface area (Å²) in [5.41, 5.74) is 0.687. The van der Waals surface area contributed by atoms with E-state index in [1.807, 2.05) is 0 Å². The molecule has 1 unspecified atom stereocenters. The van der Waals surface area contributed by atoms with Crippen LogP contribution >= 0.6 is 21.9 Å². The monoisotopic (exact) mass is 541 g/mol. The summed E-state index contributed by atoms with van der Waals surface area (Å²) in [6.45, 7) is 7.07. The Bertz CT molecular complexity index is 403. The fraction of sp³-hybridized carbons (Fsp3) is 0.970. The number of unbranched alkanes of at least 4 members (excludes halogenated alkanes) is 19. The van der Waals surface area contributed by atoms with Crippen molar-refractivity contribution in [1.29, 1.82) is 5.26 Å². The van der Waals surface area contributed by atoms with Gasteiger partial charge >= 0.3 is 0 Å². The third-order valence-corrected chi connectivity index (χ3v) is 8.50. The second kappa shape index (κ2) is 33.3. The Hall–Kier alpha value is 0.270. The van der Waals surface area contributed by atoms with E-state index in [1.54, 1.807) is 0 Å². The molecule has 0 amide bonds. The van der Waals surface area contributed by atoms with Crippen molar-refractivity contribution in [2.75, 3.05) is 6.16 Å². The van der Waals surface area contributed by atoms with Gasteiger partial charge in [-0.2, -0.15) is 5.26 Å². The molecule has 0 aliphatic heterocycles. The third kappa shape index (κ3) is 28.8. The van der Waals surface area contributed by atoms with Crippen LogP contribution in [0.15, 0.2) is 0 Å². The Labute approximate surface area is 237 Å². The lowest BCUT2D eigenvalue weighted by atomic mass is 9.70. The number of nitrogens with zero attached hydrogens (tertiary/aromatic N) is 1. The van der Waals surface area contributed by atoms with Crippen LogP contribution in [0.3, 0.4) is 0 Å². The molecular weight excluding hydrogens is 473 g/mol. The van der Waals surface area contributed by atoms with Crippen LogP contribution in [-0.2, 0) is 0 Å². The molecule has 0 saturated carbocycles. The molecule has 0 heterocycles. The van der Waals surface area contributed by atoms with Gasteiger partial charge in [-0.25, -0.2) is 0 Å². The van der Waals surface area contributed by atoms with Gasteiger partial charge in [0.15, 0.2) is 0 Å². The molecule has 0 bridgehead atoms. The minimum Gasteiger partial charge on any atom is -0.185 e. The van der Waals surface area contributed by atoms with Crippen molar-refractivity contribution in [1.82, 2.24) is 0 Å². The molecule has 0 saturated heterocycles. The Morgan fingerprint density at radius 2 is 0.694 bits per heavy atom. The lowest BCUT2D eigenvalue weighted by molar-refractivity contribution is 0.172. The van der Waals surface area contributed by atoms with Gasteiger partial charge in [-0.1, -0.05) is 175 Å². The number of rotatable bonds is 28. The fourth-order valence-electron chi connectivity index (χ4n) is 5.77. The number of hydrogen-bond donors (Lipinski definition) is 1. The van der Waals surface area contributed by atoms with Gasteiger partial charge in [-0.05, 0) is 43.7 Å². The van der Waals surface area contributed by atoms with E-state index in [2.05, 4.69) is 42.6 Å². The first-order valence-electron chi connectivity index (χ1n) is 16.4. The second-order valence-electron chi connectivity index (χ2n) is 11.5. The van der Waals surface area contributed by atoms with Crippen LogP contribution in [0.25, 0.3) is 0 Å². The van der Waals surface area contributed by atoms with E-state index < -0.39 is 0 Å². The van der Waals surface area contributed by atoms with Gasteiger partial charge < -0.3 is 0 Å². The minimum atomic E-state index is 0.687. The molecule has 36 heavy (non-hydrogen) atoms. The minimum absolute atomic E-state index is 0.687. The summed E-state index contributed by atoms with van der Waals surface area (Å²) in [4.78, 5) is 0. The van der Waals surface area contributed by atoms with Crippen molar-refractivity contribution < 1.29 is 0 Å². The van der Waals surface area contributed by atoms with E-state index in [0.717, 1.165) is 0 Å². The molecule has 0 aliphatic carbocycles. The molecule has 0 radical (unpaired) electrons. The van der Waals surface area contributed by atoms with Crippen LogP contribution in [0.5, 0.6) is 0 Å². The third-order valence-electron chi connectivity index (χ3n) is 8.09. The molecular formula is C33H68NPS. The maximum absolute atomic E-state index is 7.18. The first kappa shape index (κ1) is 38.4. The highest BCUT2D eigenvalue weighted by molar-refractivity contribution is 7.85. The summed E-state index contributed by atoms with van der Waals surface area (Å²) >= 11 is 3.09. The first-order chi connectivity index (χ1) is 17.7. The van der Waals surface area contributed by atoms with Crippen LogP contribution in [0.2, 0.25) is 0 Å². The van der Waals surface area contributed by atoms with Crippen LogP contribution in [0.1, 0.15) is 194 Å². The number of hydrogen-bond acceptors (Lipinski definition) is 2. The Kier molecular flexibility index (Phi) is 35.5. The smallest absolute Gasteiger partial charge is 0.130 e. The quantitative estimate of drug-likeness (QED) is 0.0453. The van der Waals surface area contributed by atoms with Crippen LogP contribution < -0.4 is 0 Å².